The first kappa shape index (κ1) is 14.0. The van der Waals surface area contributed by atoms with Crippen molar-refractivity contribution in [3.8, 4) is 0 Å². The van der Waals surface area contributed by atoms with Gasteiger partial charge in [0.15, 0.2) is 5.84 Å². The molecule has 6 nitrogen and oxygen atoms in total. The molecule has 0 spiro atoms. The van der Waals surface area contributed by atoms with Gasteiger partial charge in [0.1, 0.15) is 5.69 Å². The van der Waals surface area contributed by atoms with Crippen LogP contribution >= 0.6 is 15.9 Å². The number of carbonyl (C=O) groups excluding carboxylic acids is 1. The van der Waals surface area contributed by atoms with E-state index in [0.717, 1.165) is 4.47 Å². The van der Waals surface area contributed by atoms with Gasteiger partial charge in [-0.1, -0.05) is 27.2 Å². The highest BCUT2D eigenvalue weighted by atomic mass is 79.9. The van der Waals surface area contributed by atoms with Crippen molar-refractivity contribution in [1.29, 1.82) is 0 Å². The predicted molar refractivity (Wildman–Crippen MR) is 78.8 cm³/mol. The molecule has 7 heteroatoms. The number of anilines is 1. The summed E-state index contributed by atoms with van der Waals surface area (Å²) in [5, 5.41) is 14.1. The number of aromatic nitrogens is 1. The minimum absolute atomic E-state index is 0.0588. The Hall–Kier alpha value is -2.41. The lowest BCUT2D eigenvalue weighted by Crippen LogP contribution is -2.16. The number of rotatable bonds is 3. The van der Waals surface area contributed by atoms with Crippen molar-refractivity contribution in [3.63, 3.8) is 0 Å². The fourth-order valence-electron chi connectivity index (χ4n) is 1.50. The number of halogens is 1. The summed E-state index contributed by atoms with van der Waals surface area (Å²) < 4.78 is 0.866. The SMILES string of the molecule is NC(=NO)c1ccc(C(=O)Nc2cccc(Br)c2)nc1. The first-order valence-corrected chi connectivity index (χ1v) is 6.40. The van der Waals surface area contributed by atoms with Gasteiger partial charge in [-0.05, 0) is 30.3 Å². The van der Waals surface area contributed by atoms with Crippen LogP contribution < -0.4 is 11.1 Å². The quantitative estimate of drug-likeness (QED) is 0.346. The number of hydrogen-bond acceptors (Lipinski definition) is 4. The second kappa shape index (κ2) is 6.16. The van der Waals surface area contributed by atoms with E-state index >= 15 is 0 Å². The zero-order valence-electron chi connectivity index (χ0n) is 10.2. The van der Waals surface area contributed by atoms with Gasteiger partial charge in [-0.3, -0.25) is 9.78 Å². The van der Waals surface area contributed by atoms with Crippen molar-refractivity contribution in [2.75, 3.05) is 5.32 Å². The van der Waals surface area contributed by atoms with E-state index < -0.39 is 0 Å². The van der Waals surface area contributed by atoms with Crippen molar-refractivity contribution in [2.45, 2.75) is 0 Å². The van der Waals surface area contributed by atoms with E-state index in [-0.39, 0.29) is 17.4 Å². The van der Waals surface area contributed by atoms with Crippen LogP contribution in [0.4, 0.5) is 5.69 Å². The van der Waals surface area contributed by atoms with Crippen LogP contribution in [0.3, 0.4) is 0 Å². The van der Waals surface area contributed by atoms with Gasteiger partial charge >= 0.3 is 0 Å². The summed E-state index contributed by atoms with van der Waals surface area (Å²) in [5.74, 6) is -0.398. The van der Waals surface area contributed by atoms with Gasteiger partial charge in [0.2, 0.25) is 0 Å². The Labute approximate surface area is 123 Å². The summed E-state index contributed by atoms with van der Waals surface area (Å²) in [6, 6.07) is 10.3. The third-order valence-electron chi connectivity index (χ3n) is 2.48. The summed E-state index contributed by atoms with van der Waals surface area (Å²) in [6.45, 7) is 0. The molecule has 102 valence electrons. The van der Waals surface area contributed by atoms with Crippen molar-refractivity contribution in [3.05, 3.63) is 58.3 Å². The van der Waals surface area contributed by atoms with Gasteiger partial charge in [0, 0.05) is 21.9 Å². The summed E-state index contributed by atoms with van der Waals surface area (Å²) >= 11 is 3.32. The first-order chi connectivity index (χ1) is 9.60. The first-order valence-electron chi connectivity index (χ1n) is 5.61. The zero-order valence-corrected chi connectivity index (χ0v) is 11.8. The van der Waals surface area contributed by atoms with E-state index in [1.165, 1.54) is 12.3 Å². The number of oxime groups is 1. The molecule has 0 saturated carbocycles. The Morgan fingerprint density at radius 2 is 2.15 bits per heavy atom. The van der Waals surface area contributed by atoms with Crippen molar-refractivity contribution >= 4 is 33.4 Å². The van der Waals surface area contributed by atoms with E-state index in [0.29, 0.717) is 11.3 Å². The fraction of sp³-hybridized carbons (Fsp3) is 0. The molecule has 0 saturated heterocycles. The molecule has 0 unspecified atom stereocenters. The van der Waals surface area contributed by atoms with Crippen LogP contribution in [0.15, 0.2) is 52.2 Å². The highest BCUT2D eigenvalue weighted by Gasteiger charge is 2.08. The molecule has 0 aliphatic heterocycles. The predicted octanol–water partition coefficient (Wildman–Crippen LogP) is 2.19. The highest BCUT2D eigenvalue weighted by molar-refractivity contribution is 9.10. The second-order valence-corrected chi connectivity index (χ2v) is 4.80. The molecular weight excluding hydrogens is 324 g/mol. The maximum atomic E-state index is 12.0. The number of amidine groups is 1. The molecule has 1 aromatic carbocycles. The standard InChI is InChI=1S/C13H11BrN4O2/c14-9-2-1-3-10(6-9)17-13(19)11-5-4-8(7-16-11)12(15)18-20/h1-7,20H,(H2,15,18)(H,17,19). The Morgan fingerprint density at radius 1 is 1.35 bits per heavy atom. The number of hydrogen-bond donors (Lipinski definition) is 3. The maximum Gasteiger partial charge on any atom is 0.274 e. The van der Waals surface area contributed by atoms with Crippen LogP contribution in [-0.2, 0) is 0 Å². The smallest absolute Gasteiger partial charge is 0.274 e. The number of nitrogens with one attached hydrogen (secondary N) is 1. The van der Waals surface area contributed by atoms with Crippen LogP contribution in [0.5, 0.6) is 0 Å². The molecule has 2 aromatic rings. The topological polar surface area (TPSA) is 101 Å². The molecule has 4 N–H and O–H groups in total. The normalized spacial score (nSPS) is 11.2. The lowest BCUT2D eigenvalue weighted by Gasteiger charge is -2.05. The molecule has 2 rings (SSSR count). The fourth-order valence-corrected chi connectivity index (χ4v) is 1.90. The highest BCUT2D eigenvalue weighted by Crippen LogP contribution is 2.16. The minimum Gasteiger partial charge on any atom is -0.409 e. The second-order valence-electron chi connectivity index (χ2n) is 3.88. The van der Waals surface area contributed by atoms with Crippen molar-refractivity contribution < 1.29 is 10.0 Å². The number of carbonyl (C=O) groups is 1. The Bertz CT molecular complexity index is 656. The molecule has 1 amide bonds. The van der Waals surface area contributed by atoms with Crippen LogP contribution in [-0.4, -0.2) is 21.9 Å². The molecule has 20 heavy (non-hydrogen) atoms. The molecule has 0 bridgehead atoms. The average Bonchev–Trinajstić information content (AvgIpc) is 2.46. The van der Waals surface area contributed by atoms with Crippen LogP contribution in [0, 0.1) is 0 Å². The largest absolute Gasteiger partial charge is 0.409 e. The molecular formula is C13H11BrN4O2. The molecule has 0 aliphatic carbocycles. The number of benzene rings is 1. The molecule has 0 atom stereocenters. The van der Waals surface area contributed by atoms with Gasteiger partial charge in [0.05, 0.1) is 0 Å². The number of amides is 1. The van der Waals surface area contributed by atoms with Crippen molar-refractivity contribution in [1.82, 2.24) is 4.98 Å². The van der Waals surface area contributed by atoms with Crippen molar-refractivity contribution in [2.24, 2.45) is 10.9 Å². The maximum absolute atomic E-state index is 12.0. The van der Waals surface area contributed by atoms with Crippen LogP contribution in [0.2, 0.25) is 0 Å². The Kier molecular flexibility index (Phi) is 4.31. The van der Waals surface area contributed by atoms with Gasteiger partial charge in [-0.2, -0.15) is 0 Å². The van der Waals surface area contributed by atoms with E-state index in [4.69, 9.17) is 10.9 Å². The van der Waals surface area contributed by atoms with Gasteiger partial charge < -0.3 is 16.3 Å². The Morgan fingerprint density at radius 3 is 2.75 bits per heavy atom. The minimum atomic E-state index is -0.339. The third kappa shape index (κ3) is 3.33. The Balaban J connectivity index is 2.14. The lowest BCUT2D eigenvalue weighted by molar-refractivity contribution is 0.102. The van der Waals surface area contributed by atoms with Gasteiger partial charge in [0.25, 0.3) is 5.91 Å². The molecule has 1 heterocycles. The summed E-state index contributed by atoms with van der Waals surface area (Å²) in [4.78, 5) is 15.9. The van der Waals surface area contributed by atoms with E-state index in [2.05, 4.69) is 31.4 Å². The average molecular weight is 335 g/mol. The van der Waals surface area contributed by atoms with Crippen LogP contribution in [0.25, 0.3) is 0 Å². The molecule has 0 aliphatic rings. The van der Waals surface area contributed by atoms with E-state index in [1.54, 1.807) is 18.2 Å². The van der Waals surface area contributed by atoms with Crippen LogP contribution in [0.1, 0.15) is 16.1 Å². The number of pyridine rings is 1. The summed E-state index contributed by atoms with van der Waals surface area (Å²) in [6.07, 6.45) is 1.37. The third-order valence-corrected chi connectivity index (χ3v) is 2.98. The number of nitrogens with zero attached hydrogens (tertiary/aromatic N) is 2. The molecule has 1 aromatic heterocycles. The number of nitrogens with two attached hydrogens (primary N) is 1. The summed E-state index contributed by atoms with van der Waals surface area (Å²) in [7, 11) is 0. The summed E-state index contributed by atoms with van der Waals surface area (Å²) in [5.41, 5.74) is 6.75. The van der Waals surface area contributed by atoms with E-state index in [9.17, 15) is 4.79 Å². The monoisotopic (exact) mass is 334 g/mol. The molecule has 0 radical (unpaired) electrons. The van der Waals surface area contributed by atoms with Gasteiger partial charge in [-0.15, -0.1) is 0 Å². The van der Waals surface area contributed by atoms with Gasteiger partial charge in [-0.25, -0.2) is 0 Å². The zero-order chi connectivity index (χ0) is 14.5. The molecule has 0 fully saturated rings. The van der Waals surface area contributed by atoms with E-state index in [1.807, 2.05) is 12.1 Å². The lowest BCUT2D eigenvalue weighted by atomic mass is 10.2.